The minimum absolute atomic E-state index is 0.00342. The molecule has 0 saturated carbocycles. The zero-order chi connectivity index (χ0) is 20.5. The molecule has 7 nitrogen and oxygen atoms in total. The molecule has 8 heteroatoms. The third-order valence-corrected chi connectivity index (χ3v) is 5.43. The number of hydrogen-bond donors (Lipinski definition) is 1. The molecule has 29 heavy (non-hydrogen) atoms. The van der Waals surface area contributed by atoms with Gasteiger partial charge in [-0.25, -0.2) is 9.37 Å². The van der Waals surface area contributed by atoms with Gasteiger partial charge in [0, 0.05) is 25.2 Å². The summed E-state index contributed by atoms with van der Waals surface area (Å²) in [4.78, 5) is 36.5. The predicted molar refractivity (Wildman–Crippen MR) is 106 cm³/mol. The van der Waals surface area contributed by atoms with E-state index in [2.05, 4.69) is 9.97 Å². The molecule has 1 fully saturated rings. The number of aromatic amines is 1. The van der Waals surface area contributed by atoms with Gasteiger partial charge in [-0.1, -0.05) is 18.2 Å². The lowest BCUT2D eigenvalue weighted by atomic mass is 10.0. The molecule has 1 saturated heterocycles. The number of morpholine rings is 1. The van der Waals surface area contributed by atoms with Crippen LogP contribution in [-0.2, 0) is 28.9 Å². The van der Waals surface area contributed by atoms with E-state index in [0.29, 0.717) is 48.8 Å². The molecular weight excluding hydrogens is 375 g/mol. The van der Waals surface area contributed by atoms with Gasteiger partial charge in [0.2, 0.25) is 11.9 Å². The second-order valence-corrected chi connectivity index (χ2v) is 7.81. The Bertz CT molecular complexity index is 967. The smallest absolute Gasteiger partial charge is 0.255 e. The monoisotopic (exact) mass is 400 g/mol. The van der Waals surface area contributed by atoms with Crippen molar-refractivity contribution in [2.45, 2.75) is 45.4 Å². The number of hydrogen-bond acceptors (Lipinski definition) is 5. The molecule has 1 aromatic carbocycles. The number of amides is 1. The SMILES string of the molecule is C[C@@H]1CN(c2nc3c(c(=O)[nH]2)CCN(C(=O)Cc2ccccc2F)C3)C[C@H](C)O1. The summed E-state index contributed by atoms with van der Waals surface area (Å²) in [5, 5.41) is 0. The van der Waals surface area contributed by atoms with Crippen LogP contribution in [0.4, 0.5) is 10.3 Å². The lowest BCUT2D eigenvalue weighted by molar-refractivity contribution is -0.131. The Morgan fingerprint density at radius 3 is 2.72 bits per heavy atom. The van der Waals surface area contributed by atoms with Gasteiger partial charge in [-0.05, 0) is 31.9 Å². The molecule has 2 atom stereocenters. The maximum Gasteiger partial charge on any atom is 0.255 e. The van der Waals surface area contributed by atoms with E-state index in [9.17, 15) is 14.0 Å². The molecule has 1 amide bonds. The third kappa shape index (κ3) is 4.17. The summed E-state index contributed by atoms with van der Waals surface area (Å²) in [6, 6.07) is 6.29. The summed E-state index contributed by atoms with van der Waals surface area (Å²) in [5.74, 6) is -0.0391. The number of nitrogens with one attached hydrogen (secondary N) is 1. The van der Waals surface area contributed by atoms with Crippen LogP contribution in [0.5, 0.6) is 0 Å². The van der Waals surface area contributed by atoms with Crippen molar-refractivity contribution in [3.05, 3.63) is 57.3 Å². The van der Waals surface area contributed by atoms with Crippen molar-refractivity contribution < 1.29 is 13.9 Å². The van der Waals surface area contributed by atoms with Crippen LogP contribution in [0.3, 0.4) is 0 Å². The number of nitrogens with zero attached hydrogens (tertiary/aromatic N) is 3. The average Bonchev–Trinajstić information content (AvgIpc) is 2.68. The van der Waals surface area contributed by atoms with E-state index in [1.165, 1.54) is 6.07 Å². The summed E-state index contributed by atoms with van der Waals surface area (Å²) in [6.07, 6.45) is 0.519. The first-order valence-corrected chi connectivity index (χ1v) is 9.94. The zero-order valence-corrected chi connectivity index (χ0v) is 16.7. The van der Waals surface area contributed by atoms with E-state index in [4.69, 9.17) is 4.74 Å². The highest BCUT2D eigenvalue weighted by Gasteiger charge is 2.28. The Hall–Kier alpha value is -2.74. The van der Waals surface area contributed by atoms with Crippen molar-refractivity contribution in [3.8, 4) is 0 Å². The second kappa shape index (κ2) is 7.94. The van der Waals surface area contributed by atoms with Gasteiger partial charge in [-0.2, -0.15) is 0 Å². The molecule has 2 aliphatic heterocycles. The first kappa shape index (κ1) is 19.6. The molecule has 0 unspecified atom stereocenters. The predicted octanol–water partition coefficient (Wildman–Crippen LogP) is 1.65. The Kier molecular flexibility index (Phi) is 5.36. The third-order valence-electron chi connectivity index (χ3n) is 5.43. The van der Waals surface area contributed by atoms with Gasteiger partial charge in [0.05, 0.1) is 30.9 Å². The topological polar surface area (TPSA) is 78.5 Å². The lowest BCUT2D eigenvalue weighted by Gasteiger charge is -2.36. The number of benzene rings is 1. The summed E-state index contributed by atoms with van der Waals surface area (Å²) in [5.41, 5.74) is 1.46. The summed E-state index contributed by atoms with van der Waals surface area (Å²) in [7, 11) is 0. The fourth-order valence-electron chi connectivity index (χ4n) is 4.06. The maximum absolute atomic E-state index is 13.9. The van der Waals surface area contributed by atoms with E-state index in [1.807, 2.05) is 18.7 Å². The zero-order valence-electron chi connectivity index (χ0n) is 16.7. The fraction of sp³-hybridized carbons (Fsp3) is 0.476. The number of halogens is 1. The van der Waals surface area contributed by atoms with Gasteiger partial charge in [-0.15, -0.1) is 0 Å². The van der Waals surface area contributed by atoms with E-state index < -0.39 is 0 Å². The number of fused-ring (bicyclic) bond motifs is 1. The van der Waals surface area contributed by atoms with Gasteiger partial charge in [0.15, 0.2) is 0 Å². The van der Waals surface area contributed by atoms with Crippen LogP contribution in [-0.4, -0.2) is 52.6 Å². The van der Waals surface area contributed by atoms with Gasteiger partial charge < -0.3 is 14.5 Å². The summed E-state index contributed by atoms with van der Waals surface area (Å²) >= 11 is 0. The molecule has 0 spiro atoms. The van der Waals surface area contributed by atoms with Crippen LogP contribution >= 0.6 is 0 Å². The van der Waals surface area contributed by atoms with Crippen LogP contribution in [0.15, 0.2) is 29.1 Å². The number of carbonyl (C=O) groups is 1. The average molecular weight is 400 g/mol. The van der Waals surface area contributed by atoms with E-state index >= 15 is 0 Å². The molecule has 2 aliphatic rings. The van der Waals surface area contributed by atoms with Crippen molar-refractivity contribution in [1.29, 1.82) is 0 Å². The second-order valence-electron chi connectivity index (χ2n) is 7.81. The van der Waals surface area contributed by atoms with Crippen molar-refractivity contribution in [1.82, 2.24) is 14.9 Å². The highest BCUT2D eigenvalue weighted by atomic mass is 19.1. The highest BCUT2D eigenvalue weighted by Crippen LogP contribution is 2.20. The Balaban J connectivity index is 1.54. The van der Waals surface area contributed by atoms with Crippen molar-refractivity contribution in [2.75, 3.05) is 24.5 Å². The Labute approximate surface area is 168 Å². The highest BCUT2D eigenvalue weighted by molar-refractivity contribution is 5.79. The molecule has 2 aromatic rings. The fourth-order valence-corrected chi connectivity index (χ4v) is 4.06. The Morgan fingerprint density at radius 1 is 1.28 bits per heavy atom. The molecule has 1 aromatic heterocycles. The molecule has 0 radical (unpaired) electrons. The van der Waals surface area contributed by atoms with Crippen LogP contribution in [0.1, 0.15) is 30.7 Å². The maximum atomic E-state index is 13.9. The van der Waals surface area contributed by atoms with Crippen LogP contribution in [0.2, 0.25) is 0 Å². The first-order chi connectivity index (χ1) is 13.9. The summed E-state index contributed by atoms with van der Waals surface area (Å²) < 4.78 is 19.6. The normalized spacial score (nSPS) is 21.8. The number of carbonyl (C=O) groups excluding carboxylic acids is 1. The van der Waals surface area contributed by atoms with Crippen molar-refractivity contribution in [2.24, 2.45) is 0 Å². The number of aromatic nitrogens is 2. The minimum Gasteiger partial charge on any atom is -0.372 e. The number of anilines is 1. The van der Waals surface area contributed by atoms with Crippen LogP contribution in [0.25, 0.3) is 0 Å². The van der Waals surface area contributed by atoms with Crippen molar-refractivity contribution in [3.63, 3.8) is 0 Å². The molecule has 0 bridgehead atoms. The van der Waals surface area contributed by atoms with E-state index in [0.717, 1.165) is 0 Å². The molecular formula is C21H25FN4O3. The van der Waals surface area contributed by atoms with Gasteiger partial charge in [0.1, 0.15) is 5.82 Å². The number of ether oxygens (including phenoxy) is 1. The molecule has 0 aliphatic carbocycles. The minimum atomic E-state index is -0.384. The number of H-pyrrole nitrogens is 1. The first-order valence-electron chi connectivity index (χ1n) is 9.94. The number of rotatable bonds is 3. The largest absolute Gasteiger partial charge is 0.372 e. The van der Waals surface area contributed by atoms with E-state index in [1.54, 1.807) is 23.1 Å². The molecule has 154 valence electrons. The Morgan fingerprint density at radius 2 is 2.00 bits per heavy atom. The standard InChI is InChI=1S/C21H25FN4O3/c1-13-10-26(11-14(2)29-13)21-23-18-12-25(8-7-16(18)20(28)24-21)19(27)9-15-5-3-4-6-17(15)22/h3-6,13-14H,7-12H2,1-2H3,(H,23,24,28)/t13-,14+. The van der Waals surface area contributed by atoms with Gasteiger partial charge in [-0.3, -0.25) is 14.6 Å². The molecule has 1 N–H and O–H groups in total. The van der Waals surface area contributed by atoms with Gasteiger partial charge in [0.25, 0.3) is 5.56 Å². The van der Waals surface area contributed by atoms with Gasteiger partial charge >= 0.3 is 0 Å². The lowest BCUT2D eigenvalue weighted by Crippen LogP contribution is -2.47. The molecule has 4 rings (SSSR count). The van der Waals surface area contributed by atoms with Crippen LogP contribution < -0.4 is 10.5 Å². The quantitative estimate of drug-likeness (QED) is 0.848. The van der Waals surface area contributed by atoms with Crippen molar-refractivity contribution >= 4 is 11.9 Å². The van der Waals surface area contributed by atoms with Crippen LogP contribution in [0, 0.1) is 5.82 Å². The summed E-state index contributed by atoms with van der Waals surface area (Å²) in [6.45, 7) is 5.94. The van der Waals surface area contributed by atoms with E-state index in [-0.39, 0.29) is 42.5 Å². The molecule has 3 heterocycles.